The van der Waals surface area contributed by atoms with E-state index in [2.05, 4.69) is 6.92 Å². The predicted molar refractivity (Wildman–Crippen MR) is 113 cm³/mol. The summed E-state index contributed by atoms with van der Waals surface area (Å²) in [5.41, 5.74) is -0.709. The van der Waals surface area contributed by atoms with Gasteiger partial charge in [-0.1, -0.05) is 32.6 Å². The molecule has 0 radical (unpaired) electrons. The molecule has 0 heterocycles. The average molecular weight is 445 g/mol. The lowest BCUT2D eigenvalue weighted by atomic mass is 9.69. The average Bonchev–Trinajstić information content (AvgIpc) is 2.72. The molecule has 0 N–H and O–H groups in total. The van der Waals surface area contributed by atoms with Crippen LogP contribution in [0.25, 0.3) is 6.08 Å². The molecule has 0 spiro atoms. The molecular formula is C25H33F5O. The van der Waals surface area contributed by atoms with Crippen LogP contribution in [-0.2, 0) is 0 Å². The zero-order chi connectivity index (χ0) is 22.4. The number of allylic oxidation sites excluding steroid dienone is 1. The van der Waals surface area contributed by atoms with Crippen molar-refractivity contribution < 1.29 is 26.7 Å². The highest BCUT2D eigenvalue weighted by atomic mass is 19.4. The Labute approximate surface area is 182 Å². The molecule has 0 bridgehead atoms. The van der Waals surface area contributed by atoms with Gasteiger partial charge in [0, 0.05) is 23.8 Å². The zero-order valence-electron chi connectivity index (χ0n) is 18.2. The van der Waals surface area contributed by atoms with E-state index in [1.165, 1.54) is 51.4 Å². The maximum absolute atomic E-state index is 14.0. The van der Waals surface area contributed by atoms with Crippen LogP contribution in [0.5, 0.6) is 5.75 Å². The van der Waals surface area contributed by atoms with E-state index in [-0.39, 0.29) is 11.8 Å². The summed E-state index contributed by atoms with van der Waals surface area (Å²) in [4.78, 5) is 0. The number of hydrogen-bond acceptors (Lipinski definition) is 1. The van der Waals surface area contributed by atoms with Crippen molar-refractivity contribution in [2.45, 2.75) is 77.3 Å². The Kier molecular flexibility index (Phi) is 8.40. The van der Waals surface area contributed by atoms with Gasteiger partial charge in [0.25, 0.3) is 0 Å². The molecule has 0 saturated heterocycles. The highest BCUT2D eigenvalue weighted by molar-refractivity contribution is 5.53. The number of alkyl halides is 3. The van der Waals surface area contributed by atoms with Crippen molar-refractivity contribution in [3.63, 3.8) is 0 Å². The summed E-state index contributed by atoms with van der Waals surface area (Å²) < 4.78 is 70.4. The van der Waals surface area contributed by atoms with Gasteiger partial charge in [-0.3, -0.25) is 0 Å². The maximum Gasteiger partial charge on any atom is 0.409 e. The Morgan fingerprint density at radius 3 is 1.87 bits per heavy atom. The molecule has 174 valence electrons. The minimum Gasteiger partial charge on any atom is -0.493 e. The summed E-state index contributed by atoms with van der Waals surface area (Å²) >= 11 is 0. The van der Waals surface area contributed by atoms with E-state index in [4.69, 9.17) is 4.74 Å². The van der Waals surface area contributed by atoms with Gasteiger partial charge in [-0.2, -0.15) is 13.2 Å². The largest absolute Gasteiger partial charge is 0.493 e. The third kappa shape index (κ3) is 7.21. The van der Waals surface area contributed by atoms with E-state index in [1.807, 2.05) is 0 Å². The molecule has 3 rings (SSSR count). The van der Waals surface area contributed by atoms with Gasteiger partial charge in [-0.15, -0.1) is 0 Å². The van der Waals surface area contributed by atoms with Crippen molar-refractivity contribution in [2.75, 3.05) is 6.61 Å². The van der Waals surface area contributed by atoms with Gasteiger partial charge in [-0.25, -0.2) is 8.78 Å². The maximum atomic E-state index is 14.0. The lowest BCUT2D eigenvalue weighted by molar-refractivity contribution is -0.0790. The molecule has 0 atom stereocenters. The summed E-state index contributed by atoms with van der Waals surface area (Å²) in [5, 5.41) is 0. The van der Waals surface area contributed by atoms with Gasteiger partial charge in [-0.05, 0) is 68.3 Å². The highest BCUT2D eigenvalue weighted by Gasteiger charge is 2.31. The molecule has 2 aliphatic rings. The van der Waals surface area contributed by atoms with Gasteiger partial charge in [0.1, 0.15) is 17.4 Å². The smallest absolute Gasteiger partial charge is 0.409 e. The minimum atomic E-state index is -4.62. The predicted octanol–water partition coefficient (Wildman–Crippen LogP) is 8.33. The van der Waals surface area contributed by atoms with Crippen molar-refractivity contribution in [1.82, 2.24) is 0 Å². The molecule has 2 fully saturated rings. The third-order valence-electron chi connectivity index (χ3n) is 7.12. The molecule has 2 saturated carbocycles. The summed E-state index contributed by atoms with van der Waals surface area (Å²) in [6.45, 7) is 2.64. The summed E-state index contributed by atoms with van der Waals surface area (Å²) in [6.07, 6.45) is 8.15. The molecule has 1 aromatic rings. The first-order valence-corrected chi connectivity index (χ1v) is 11.6. The molecule has 1 aromatic carbocycles. The van der Waals surface area contributed by atoms with Crippen molar-refractivity contribution >= 4 is 6.08 Å². The van der Waals surface area contributed by atoms with Crippen molar-refractivity contribution in [3.05, 3.63) is 35.4 Å². The SMILES string of the molecule is CCCC1CCC(C2CCC(COc3cc(F)c(/C=C/C(F)(F)F)c(F)c3)CC2)CC1. The first-order valence-electron chi connectivity index (χ1n) is 11.6. The van der Waals surface area contributed by atoms with Crippen molar-refractivity contribution in [1.29, 1.82) is 0 Å². The Morgan fingerprint density at radius 1 is 0.871 bits per heavy atom. The van der Waals surface area contributed by atoms with Crippen LogP contribution in [-0.4, -0.2) is 12.8 Å². The molecule has 6 heteroatoms. The van der Waals surface area contributed by atoms with E-state index in [0.29, 0.717) is 18.6 Å². The minimum absolute atomic E-state index is 0.0236. The second-order valence-electron chi connectivity index (χ2n) is 9.34. The molecule has 2 aliphatic carbocycles. The van der Waals surface area contributed by atoms with Gasteiger partial charge in [0.05, 0.1) is 6.61 Å². The third-order valence-corrected chi connectivity index (χ3v) is 7.12. The topological polar surface area (TPSA) is 9.23 Å². The fraction of sp³-hybridized carbons (Fsp3) is 0.680. The van der Waals surface area contributed by atoms with E-state index in [0.717, 1.165) is 42.7 Å². The second-order valence-corrected chi connectivity index (χ2v) is 9.34. The highest BCUT2D eigenvalue weighted by Crippen LogP contribution is 2.42. The fourth-order valence-corrected chi connectivity index (χ4v) is 5.38. The van der Waals surface area contributed by atoms with Crippen molar-refractivity contribution in [2.24, 2.45) is 23.7 Å². The molecule has 0 amide bonds. The van der Waals surface area contributed by atoms with Crippen LogP contribution < -0.4 is 4.74 Å². The summed E-state index contributed by atoms with van der Waals surface area (Å²) in [5.74, 6) is 0.806. The van der Waals surface area contributed by atoms with E-state index >= 15 is 0 Å². The Balaban J connectivity index is 1.45. The molecule has 31 heavy (non-hydrogen) atoms. The lowest BCUT2D eigenvalue weighted by Crippen LogP contribution is -2.27. The fourth-order valence-electron chi connectivity index (χ4n) is 5.38. The second kappa shape index (κ2) is 10.8. The number of rotatable bonds is 7. The van der Waals surface area contributed by atoms with Crippen LogP contribution in [0.3, 0.4) is 0 Å². The molecule has 1 nitrogen and oxygen atoms in total. The molecule has 0 aromatic heterocycles. The molecule has 0 aliphatic heterocycles. The van der Waals surface area contributed by atoms with E-state index in [9.17, 15) is 22.0 Å². The van der Waals surface area contributed by atoms with Crippen LogP contribution in [0.1, 0.15) is 76.7 Å². The van der Waals surface area contributed by atoms with Gasteiger partial charge >= 0.3 is 6.18 Å². The molecular weight excluding hydrogens is 411 g/mol. The van der Waals surface area contributed by atoms with Gasteiger partial charge < -0.3 is 4.74 Å². The van der Waals surface area contributed by atoms with Crippen LogP contribution in [0.4, 0.5) is 22.0 Å². The number of halogens is 5. The monoisotopic (exact) mass is 444 g/mol. The van der Waals surface area contributed by atoms with Gasteiger partial charge in [0.2, 0.25) is 0 Å². The lowest BCUT2D eigenvalue weighted by Gasteiger charge is -2.37. The van der Waals surface area contributed by atoms with Gasteiger partial charge in [0.15, 0.2) is 0 Å². The van der Waals surface area contributed by atoms with E-state index in [1.54, 1.807) is 0 Å². The summed E-state index contributed by atoms with van der Waals surface area (Å²) in [7, 11) is 0. The summed E-state index contributed by atoms with van der Waals surface area (Å²) in [6, 6.07) is 1.92. The van der Waals surface area contributed by atoms with Crippen LogP contribution in [0.15, 0.2) is 18.2 Å². The van der Waals surface area contributed by atoms with Crippen LogP contribution in [0, 0.1) is 35.3 Å². The van der Waals surface area contributed by atoms with Crippen molar-refractivity contribution in [3.8, 4) is 5.75 Å². The first kappa shape index (κ1) is 24.1. The Bertz CT molecular complexity index is 703. The normalized spacial score (nSPS) is 27.5. The zero-order valence-corrected chi connectivity index (χ0v) is 18.2. The number of ether oxygens (including phenoxy) is 1. The Hall–Kier alpha value is -1.59. The molecule has 0 unspecified atom stereocenters. The van der Waals surface area contributed by atoms with Crippen LogP contribution >= 0.6 is 0 Å². The first-order chi connectivity index (χ1) is 14.7. The number of benzene rings is 1. The van der Waals surface area contributed by atoms with Crippen LogP contribution in [0.2, 0.25) is 0 Å². The Morgan fingerprint density at radius 2 is 1.39 bits per heavy atom. The standard InChI is InChI=1S/C25H33F5O/c1-2-3-17-4-8-19(9-5-17)20-10-6-18(7-11-20)16-31-21-14-23(26)22(24(27)15-21)12-13-25(28,29)30/h12-15,17-20H,2-11,16H2,1H3/b13-12+. The number of hydrogen-bond donors (Lipinski definition) is 0. The quantitative estimate of drug-likeness (QED) is 0.384. The van der Waals surface area contributed by atoms with E-state index < -0.39 is 23.4 Å².